The number of thiocarbonyl (C=S) groups is 1. The molecule has 0 aromatic rings. The standard InChI is InChI=1S/C3H5NS2.Na/c5-3-4-1-2-6-3;/h1-2H2,(H,4,5);. The summed E-state index contributed by atoms with van der Waals surface area (Å²) < 4.78 is 0.954. The normalized spacial score (nSPS) is 18.0. The Balaban J connectivity index is 0.000000360. The third-order valence-corrected chi connectivity index (χ3v) is 1.92. The van der Waals surface area contributed by atoms with Crippen LogP contribution in [0.5, 0.6) is 0 Å². The average Bonchev–Trinajstić information content (AvgIpc) is 1.86. The SMILES string of the molecule is S=C1NCCS1.[Na]. The average molecular weight is 142 g/mol. The zero-order valence-electron chi connectivity index (χ0n) is 4.23. The van der Waals surface area contributed by atoms with Crippen molar-refractivity contribution in [2.75, 3.05) is 12.3 Å². The molecule has 0 atom stereocenters. The largest absolute Gasteiger partial charge is 0.370 e. The van der Waals surface area contributed by atoms with Gasteiger partial charge in [0.15, 0.2) is 0 Å². The fourth-order valence-corrected chi connectivity index (χ4v) is 1.29. The minimum absolute atomic E-state index is 0. The van der Waals surface area contributed by atoms with E-state index in [2.05, 4.69) is 5.32 Å². The van der Waals surface area contributed by atoms with Gasteiger partial charge in [-0.3, -0.25) is 0 Å². The van der Waals surface area contributed by atoms with E-state index < -0.39 is 0 Å². The van der Waals surface area contributed by atoms with Gasteiger partial charge in [-0.05, 0) is 0 Å². The monoisotopic (exact) mass is 142 g/mol. The van der Waals surface area contributed by atoms with Crippen LogP contribution in [0.25, 0.3) is 0 Å². The molecule has 0 aromatic carbocycles. The fourth-order valence-electron chi connectivity index (χ4n) is 0.348. The Morgan fingerprint density at radius 3 is 2.57 bits per heavy atom. The van der Waals surface area contributed by atoms with Crippen molar-refractivity contribution >= 4 is 57.9 Å². The Morgan fingerprint density at radius 1 is 1.71 bits per heavy atom. The zero-order chi connectivity index (χ0) is 4.41. The van der Waals surface area contributed by atoms with Crippen molar-refractivity contribution in [3.63, 3.8) is 0 Å². The van der Waals surface area contributed by atoms with Gasteiger partial charge in [-0.2, -0.15) is 0 Å². The summed E-state index contributed by atoms with van der Waals surface area (Å²) in [6, 6.07) is 0. The van der Waals surface area contributed by atoms with Crippen LogP contribution in [0.15, 0.2) is 0 Å². The smallest absolute Gasteiger partial charge is 0.133 e. The second kappa shape index (κ2) is 4.15. The number of rotatable bonds is 0. The van der Waals surface area contributed by atoms with Crippen LogP contribution < -0.4 is 5.32 Å². The van der Waals surface area contributed by atoms with Crippen molar-refractivity contribution in [1.29, 1.82) is 0 Å². The van der Waals surface area contributed by atoms with Crippen molar-refractivity contribution < 1.29 is 0 Å². The quantitative estimate of drug-likeness (QED) is 0.384. The first-order valence-corrected chi connectivity index (χ1v) is 3.19. The molecule has 1 aliphatic heterocycles. The maximum atomic E-state index is 4.77. The van der Waals surface area contributed by atoms with E-state index >= 15 is 0 Å². The van der Waals surface area contributed by atoms with Crippen molar-refractivity contribution in [2.45, 2.75) is 0 Å². The van der Waals surface area contributed by atoms with E-state index in [0.29, 0.717) is 0 Å². The first-order valence-electron chi connectivity index (χ1n) is 1.80. The molecule has 35 valence electrons. The summed E-state index contributed by atoms with van der Waals surface area (Å²) >= 11 is 6.49. The Labute approximate surface area is 74.9 Å². The molecule has 7 heavy (non-hydrogen) atoms. The molecule has 0 unspecified atom stereocenters. The van der Waals surface area contributed by atoms with Crippen LogP contribution >= 0.6 is 24.0 Å². The molecule has 1 rings (SSSR count). The van der Waals surface area contributed by atoms with Gasteiger partial charge in [0.25, 0.3) is 0 Å². The van der Waals surface area contributed by atoms with Crippen molar-refractivity contribution in [1.82, 2.24) is 5.32 Å². The first-order chi connectivity index (χ1) is 2.89. The molecule has 1 aliphatic rings. The molecule has 1 saturated heterocycles. The molecule has 1 heterocycles. The van der Waals surface area contributed by atoms with E-state index in [4.69, 9.17) is 12.2 Å². The van der Waals surface area contributed by atoms with Crippen molar-refractivity contribution in [3.05, 3.63) is 0 Å². The van der Waals surface area contributed by atoms with Gasteiger partial charge in [0.2, 0.25) is 0 Å². The van der Waals surface area contributed by atoms with E-state index in [1.165, 1.54) is 0 Å². The summed E-state index contributed by atoms with van der Waals surface area (Å²) in [6.45, 7) is 1.06. The molecule has 1 radical (unpaired) electrons. The van der Waals surface area contributed by atoms with Crippen LogP contribution in [0.3, 0.4) is 0 Å². The van der Waals surface area contributed by atoms with Gasteiger partial charge in [0, 0.05) is 41.9 Å². The molecule has 0 amide bonds. The second-order valence-electron chi connectivity index (χ2n) is 1.06. The minimum atomic E-state index is 0. The van der Waals surface area contributed by atoms with Crippen LogP contribution in [0, 0.1) is 0 Å². The number of nitrogens with one attached hydrogen (secondary N) is 1. The van der Waals surface area contributed by atoms with E-state index in [9.17, 15) is 0 Å². The summed E-state index contributed by atoms with van der Waals surface area (Å²) in [5, 5.41) is 3.01. The number of thioether (sulfide) groups is 1. The predicted octanol–water partition coefficient (Wildman–Crippen LogP) is 0.227. The van der Waals surface area contributed by atoms with Gasteiger partial charge in [0.05, 0.1) is 0 Å². The van der Waals surface area contributed by atoms with Crippen LogP contribution in [0.2, 0.25) is 0 Å². The van der Waals surface area contributed by atoms with Gasteiger partial charge in [-0.1, -0.05) is 24.0 Å². The van der Waals surface area contributed by atoms with Gasteiger partial charge in [-0.25, -0.2) is 0 Å². The van der Waals surface area contributed by atoms with Gasteiger partial charge in [-0.15, -0.1) is 0 Å². The topological polar surface area (TPSA) is 12.0 Å². The molecule has 0 aliphatic carbocycles. The zero-order valence-corrected chi connectivity index (χ0v) is 7.86. The van der Waals surface area contributed by atoms with E-state index in [-0.39, 0.29) is 29.6 Å². The van der Waals surface area contributed by atoms with Crippen LogP contribution in [-0.2, 0) is 0 Å². The molecule has 1 nitrogen and oxygen atoms in total. The summed E-state index contributed by atoms with van der Waals surface area (Å²) in [7, 11) is 0. The molecule has 0 aromatic heterocycles. The fraction of sp³-hybridized carbons (Fsp3) is 0.667. The molecule has 0 saturated carbocycles. The summed E-state index contributed by atoms with van der Waals surface area (Å²) in [5.41, 5.74) is 0. The first kappa shape index (κ1) is 8.24. The molecule has 1 N–H and O–H groups in total. The van der Waals surface area contributed by atoms with Crippen LogP contribution in [0.4, 0.5) is 0 Å². The molecular weight excluding hydrogens is 137 g/mol. The molecule has 0 spiro atoms. The minimum Gasteiger partial charge on any atom is -0.370 e. The van der Waals surface area contributed by atoms with Crippen molar-refractivity contribution in [3.8, 4) is 0 Å². The maximum absolute atomic E-state index is 4.77. The molecule has 0 bridgehead atoms. The molecule has 4 heteroatoms. The van der Waals surface area contributed by atoms with Gasteiger partial charge >= 0.3 is 0 Å². The Hall–Kier alpha value is 1.24. The van der Waals surface area contributed by atoms with Crippen LogP contribution in [-0.4, -0.2) is 46.2 Å². The van der Waals surface area contributed by atoms with Gasteiger partial charge in [0.1, 0.15) is 4.32 Å². The Kier molecular flexibility index (Phi) is 4.89. The summed E-state index contributed by atoms with van der Waals surface area (Å²) in [4.78, 5) is 0. The van der Waals surface area contributed by atoms with Crippen molar-refractivity contribution in [2.24, 2.45) is 0 Å². The van der Waals surface area contributed by atoms with Gasteiger partial charge < -0.3 is 5.32 Å². The van der Waals surface area contributed by atoms with E-state index in [1.54, 1.807) is 11.8 Å². The Bertz CT molecular complexity index is 67.3. The third-order valence-electron chi connectivity index (χ3n) is 0.605. The molecule has 1 fully saturated rings. The van der Waals surface area contributed by atoms with E-state index in [1.807, 2.05) is 0 Å². The van der Waals surface area contributed by atoms with Crippen LogP contribution in [0.1, 0.15) is 0 Å². The third kappa shape index (κ3) is 2.93. The number of hydrogen-bond donors (Lipinski definition) is 1. The Morgan fingerprint density at radius 2 is 2.43 bits per heavy atom. The summed E-state index contributed by atoms with van der Waals surface area (Å²) in [5.74, 6) is 1.15. The summed E-state index contributed by atoms with van der Waals surface area (Å²) in [6.07, 6.45) is 0. The predicted molar refractivity (Wildman–Crippen MR) is 38.8 cm³/mol. The maximum Gasteiger partial charge on any atom is 0.133 e. The second-order valence-corrected chi connectivity index (χ2v) is 2.83. The molecular formula is C3H5NNaS2. The van der Waals surface area contributed by atoms with E-state index in [0.717, 1.165) is 16.6 Å². The number of hydrogen-bond acceptors (Lipinski definition) is 2.